The maximum Gasteiger partial charge on any atom is 0.336 e. The lowest BCUT2D eigenvalue weighted by molar-refractivity contribution is 0.0695. The van der Waals surface area contributed by atoms with Gasteiger partial charge in [-0.25, -0.2) is 13.2 Å². The van der Waals surface area contributed by atoms with E-state index >= 15 is 0 Å². The van der Waals surface area contributed by atoms with Crippen molar-refractivity contribution < 1.29 is 22.7 Å². The summed E-state index contributed by atoms with van der Waals surface area (Å²) < 4.78 is 31.4. The molecule has 21 heavy (non-hydrogen) atoms. The molecule has 2 aromatic rings. The number of halogens is 1. The van der Waals surface area contributed by atoms with Crippen LogP contribution >= 0.6 is 22.6 Å². The van der Waals surface area contributed by atoms with E-state index in [9.17, 15) is 13.2 Å². The van der Waals surface area contributed by atoms with E-state index in [4.69, 9.17) is 9.52 Å². The van der Waals surface area contributed by atoms with Crippen LogP contribution in [-0.2, 0) is 16.6 Å². The van der Waals surface area contributed by atoms with Gasteiger partial charge in [0.25, 0.3) is 0 Å². The summed E-state index contributed by atoms with van der Waals surface area (Å²) >= 11 is 1.85. The van der Waals surface area contributed by atoms with Crippen LogP contribution in [0.4, 0.5) is 0 Å². The topological polar surface area (TPSA) is 87.8 Å². The molecule has 8 heteroatoms. The van der Waals surface area contributed by atoms with Crippen molar-refractivity contribution >= 4 is 38.6 Å². The van der Waals surface area contributed by atoms with Gasteiger partial charge in [-0.2, -0.15) is 4.31 Å². The molecule has 1 aromatic heterocycles. The molecule has 0 fully saturated rings. The zero-order valence-electron chi connectivity index (χ0n) is 11.0. The largest absolute Gasteiger partial charge is 0.478 e. The van der Waals surface area contributed by atoms with Crippen LogP contribution in [0, 0.1) is 3.57 Å². The zero-order valence-corrected chi connectivity index (χ0v) is 14.0. The fourth-order valence-corrected chi connectivity index (χ4v) is 3.49. The first-order chi connectivity index (χ1) is 9.82. The third kappa shape index (κ3) is 3.44. The minimum absolute atomic E-state index is 0.0339. The van der Waals surface area contributed by atoms with Crippen LogP contribution < -0.4 is 0 Å². The fraction of sp³-hybridized carbons (Fsp3) is 0.154. The highest BCUT2D eigenvalue weighted by molar-refractivity contribution is 14.1. The molecular formula is C13H12INO5S. The Morgan fingerprint density at radius 1 is 1.38 bits per heavy atom. The molecule has 0 aliphatic carbocycles. The number of benzene rings is 1. The molecule has 0 unspecified atom stereocenters. The molecule has 6 nitrogen and oxygen atoms in total. The normalized spacial score (nSPS) is 11.8. The third-order valence-electron chi connectivity index (χ3n) is 2.86. The highest BCUT2D eigenvalue weighted by Crippen LogP contribution is 2.21. The summed E-state index contributed by atoms with van der Waals surface area (Å²) in [5.41, 5.74) is 0.679. The lowest BCUT2D eigenvalue weighted by Gasteiger charge is -2.16. The van der Waals surface area contributed by atoms with Gasteiger partial charge in [0.1, 0.15) is 0 Å². The third-order valence-corrected chi connectivity index (χ3v) is 5.60. The Hall–Kier alpha value is -1.39. The molecule has 0 saturated carbocycles. The summed E-state index contributed by atoms with van der Waals surface area (Å²) in [6.45, 7) is 0.146. The van der Waals surface area contributed by atoms with Crippen molar-refractivity contribution in [3.63, 3.8) is 0 Å². The van der Waals surface area contributed by atoms with E-state index in [1.54, 1.807) is 6.07 Å². The number of sulfonamides is 1. The van der Waals surface area contributed by atoms with Crippen LogP contribution in [0.2, 0.25) is 0 Å². The van der Waals surface area contributed by atoms with Crippen LogP contribution in [0.1, 0.15) is 15.9 Å². The maximum absolute atomic E-state index is 12.4. The van der Waals surface area contributed by atoms with E-state index in [0.29, 0.717) is 9.13 Å². The molecule has 0 atom stereocenters. The molecule has 1 N–H and O–H groups in total. The highest BCUT2D eigenvalue weighted by Gasteiger charge is 2.23. The molecule has 1 aromatic carbocycles. The summed E-state index contributed by atoms with van der Waals surface area (Å²) in [4.78, 5) is 11.1. The summed E-state index contributed by atoms with van der Waals surface area (Å²) in [5.74, 6) is -1.16. The Kier molecular flexibility index (Phi) is 4.69. The number of nitrogens with zero attached hydrogens (tertiary/aromatic N) is 1. The van der Waals surface area contributed by atoms with E-state index < -0.39 is 16.0 Å². The molecular weight excluding hydrogens is 409 g/mol. The Morgan fingerprint density at radius 2 is 2.10 bits per heavy atom. The second-order valence-corrected chi connectivity index (χ2v) is 7.55. The summed E-state index contributed by atoms with van der Waals surface area (Å²) in [7, 11) is -2.33. The Bertz CT molecular complexity index is 755. The summed E-state index contributed by atoms with van der Waals surface area (Å²) in [5, 5.41) is 9.08. The fourth-order valence-electron chi connectivity index (χ4n) is 1.73. The second-order valence-electron chi connectivity index (χ2n) is 4.34. The van der Waals surface area contributed by atoms with E-state index in [2.05, 4.69) is 0 Å². The average molecular weight is 421 g/mol. The van der Waals surface area contributed by atoms with Gasteiger partial charge in [-0.3, -0.25) is 0 Å². The maximum atomic E-state index is 12.4. The van der Waals surface area contributed by atoms with Gasteiger partial charge in [0.15, 0.2) is 0 Å². The second kappa shape index (κ2) is 6.16. The van der Waals surface area contributed by atoms with Crippen molar-refractivity contribution in [1.29, 1.82) is 0 Å². The predicted molar refractivity (Wildman–Crippen MR) is 83.5 cm³/mol. The van der Waals surface area contributed by atoms with Gasteiger partial charge >= 0.3 is 5.97 Å². The van der Waals surface area contributed by atoms with Crippen LogP contribution in [-0.4, -0.2) is 30.8 Å². The summed E-state index contributed by atoms with van der Waals surface area (Å²) in [6, 6.07) is 5.71. The van der Waals surface area contributed by atoms with Gasteiger partial charge in [0.2, 0.25) is 10.0 Å². The molecule has 0 radical (unpaired) electrons. The van der Waals surface area contributed by atoms with Gasteiger partial charge in [0.05, 0.1) is 23.0 Å². The first kappa shape index (κ1) is 16.0. The Morgan fingerprint density at radius 3 is 2.67 bits per heavy atom. The number of aromatic carboxylic acids is 1. The number of carboxylic acids is 1. The lowest BCUT2D eigenvalue weighted by Crippen LogP contribution is -2.26. The molecule has 0 aliphatic rings. The van der Waals surface area contributed by atoms with Gasteiger partial charge in [-0.15, -0.1) is 0 Å². The number of rotatable bonds is 5. The van der Waals surface area contributed by atoms with Crippen LogP contribution in [0.5, 0.6) is 0 Å². The van der Waals surface area contributed by atoms with Crippen molar-refractivity contribution in [3.8, 4) is 0 Å². The molecule has 112 valence electrons. The molecule has 0 bridgehead atoms. The van der Waals surface area contributed by atoms with Crippen molar-refractivity contribution in [2.45, 2.75) is 11.4 Å². The van der Waals surface area contributed by atoms with Crippen molar-refractivity contribution in [2.75, 3.05) is 7.05 Å². The van der Waals surface area contributed by atoms with Crippen LogP contribution in [0.3, 0.4) is 0 Å². The minimum Gasteiger partial charge on any atom is -0.478 e. The van der Waals surface area contributed by atoms with Gasteiger partial charge in [-0.1, -0.05) is 0 Å². The quantitative estimate of drug-likeness (QED) is 0.750. The molecule has 0 amide bonds. The van der Waals surface area contributed by atoms with Crippen LogP contribution in [0.15, 0.2) is 46.1 Å². The average Bonchev–Trinajstić information content (AvgIpc) is 2.91. The SMILES string of the molecule is CN(Cc1ccoc1)S(=O)(=O)c1ccc(I)c(C(=O)O)c1. The van der Waals surface area contributed by atoms with Gasteiger partial charge < -0.3 is 9.52 Å². The number of hydrogen-bond acceptors (Lipinski definition) is 4. The number of furan rings is 1. The first-order valence-corrected chi connectivity index (χ1v) is 8.34. The van der Waals surface area contributed by atoms with E-state index in [-0.39, 0.29) is 17.0 Å². The Balaban J connectivity index is 2.35. The first-order valence-electron chi connectivity index (χ1n) is 5.82. The van der Waals surface area contributed by atoms with Crippen LogP contribution in [0.25, 0.3) is 0 Å². The number of carbonyl (C=O) groups is 1. The highest BCUT2D eigenvalue weighted by atomic mass is 127. The zero-order chi connectivity index (χ0) is 15.6. The smallest absolute Gasteiger partial charge is 0.336 e. The number of hydrogen-bond donors (Lipinski definition) is 1. The van der Waals surface area contributed by atoms with E-state index in [0.717, 1.165) is 4.31 Å². The van der Waals surface area contributed by atoms with Crippen molar-refractivity contribution in [3.05, 3.63) is 51.5 Å². The standard InChI is InChI=1S/C13H12INO5S/c1-15(7-9-4-5-20-8-9)21(18,19)10-2-3-12(14)11(6-10)13(16)17/h2-6,8H,7H2,1H3,(H,16,17). The van der Waals surface area contributed by atoms with Gasteiger partial charge in [0, 0.05) is 22.7 Å². The molecule has 0 aliphatic heterocycles. The number of carboxylic acid groups (broad SMARTS) is 1. The van der Waals surface area contributed by atoms with E-state index in [1.807, 2.05) is 22.6 Å². The summed E-state index contributed by atoms with van der Waals surface area (Å²) in [6.07, 6.45) is 2.92. The van der Waals surface area contributed by atoms with Crippen molar-refractivity contribution in [2.24, 2.45) is 0 Å². The Labute approximate surface area is 135 Å². The van der Waals surface area contributed by atoms with Crippen molar-refractivity contribution in [1.82, 2.24) is 4.31 Å². The lowest BCUT2D eigenvalue weighted by atomic mass is 10.2. The molecule has 2 rings (SSSR count). The monoisotopic (exact) mass is 421 g/mol. The predicted octanol–water partition coefficient (Wildman–Crippen LogP) is 2.40. The van der Waals surface area contributed by atoms with Gasteiger partial charge in [-0.05, 0) is 46.9 Å². The molecule has 1 heterocycles. The molecule has 0 spiro atoms. The van der Waals surface area contributed by atoms with E-state index in [1.165, 1.54) is 37.8 Å². The minimum atomic E-state index is -3.76. The molecule has 0 saturated heterocycles.